The molecule has 0 unspecified atom stereocenters. The molecule has 0 aromatic heterocycles. The summed E-state index contributed by atoms with van der Waals surface area (Å²) in [5, 5.41) is 37.2. The van der Waals surface area contributed by atoms with Crippen molar-refractivity contribution >= 4 is 5.97 Å². The highest BCUT2D eigenvalue weighted by atomic mass is 16.7. The van der Waals surface area contributed by atoms with Crippen molar-refractivity contribution in [1.82, 2.24) is 0 Å². The number of aliphatic hydroxyl groups excluding tert-OH is 4. The third kappa shape index (κ3) is 3.15. The van der Waals surface area contributed by atoms with Crippen LogP contribution in [-0.2, 0) is 14.3 Å². The summed E-state index contributed by atoms with van der Waals surface area (Å²) in [7, 11) is 0. The van der Waals surface area contributed by atoms with Gasteiger partial charge in [0, 0.05) is 5.92 Å². The largest absolute Gasteiger partial charge is 0.423 e. The first kappa shape index (κ1) is 13.9. The van der Waals surface area contributed by atoms with Crippen LogP contribution < -0.4 is 0 Å². The van der Waals surface area contributed by atoms with E-state index in [0.29, 0.717) is 0 Å². The van der Waals surface area contributed by atoms with Crippen LogP contribution in [0.1, 0.15) is 6.92 Å². The molecule has 0 amide bonds. The summed E-state index contributed by atoms with van der Waals surface area (Å²) in [5.41, 5.74) is 0. The van der Waals surface area contributed by atoms with Crippen LogP contribution in [0.3, 0.4) is 0 Å². The Kier molecular flexibility index (Phi) is 4.86. The minimum atomic E-state index is -1.60. The van der Waals surface area contributed by atoms with Crippen molar-refractivity contribution < 1.29 is 34.7 Å². The summed E-state index contributed by atoms with van der Waals surface area (Å²) in [6, 6.07) is 0. The van der Waals surface area contributed by atoms with Gasteiger partial charge in [-0.2, -0.15) is 0 Å². The van der Waals surface area contributed by atoms with Crippen LogP contribution in [0.2, 0.25) is 0 Å². The van der Waals surface area contributed by atoms with E-state index in [0.717, 1.165) is 0 Å². The Morgan fingerprint density at radius 1 is 1.29 bits per heavy atom. The third-order valence-corrected chi connectivity index (χ3v) is 2.30. The van der Waals surface area contributed by atoms with Crippen LogP contribution in [-0.4, -0.2) is 63.7 Å². The summed E-state index contributed by atoms with van der Waals surface area (Å²) in [6.45, 7) is 0.840. The van der Waals surface area contributed by atoms with Gasteiger partial charge >= 0.3 is 5.97 Å². The summed E-state index contributed by atoms with van der Waals surface area (Å²) in [5.74, 6) is 3.42. The fourth-order valence-corrected chi connectivity index (χ4v) is 1.40. The van der Waals surface area contributed by atoms with Crippen molar-refractivity contribution in [3.05, 3.63) is 0 Å². The molecule has 4 N–H and O–H groups in total. The summed E-state index contributed by atoms with van der Waals surface area (Å²) < 4.78 is 9.55. The Morgan fingerprint density at radius 3 is 2.47 bits per heavy atom. The van der Waals surface area contributed by atoms with E-state index < -0.39 is 43.3 Å². The van der Waals surface area contributed by atoms with Gasteiger partial charge in [0.2, 0.25) is 6.29 Å². The Balaban J connectivity index is 2.71. The van der Waals surface area contributed by atoms with Crippen LogP contribution in [0.5, 0.6) is 0 Å². The highest BCUT2D eigenvalue weighted by molar-refractivity contribution is 5.88. The van der Waals surface area contributed by atoms with E-state index in [1.165, 1.54) is 6.92 Å². The monoisotopic (exact) mass is 246 g/mol. The van der Waals surface area contributed by atoms with E-state index in [4.69, 9.17) is 9.84 Å². The molecule has 7 nitrogen and oxygen atoms in total. The molecule has 96 valence electrons. The van der Waals surface area contributed by atoms with Gasteiger partial charge < -0.3 is 29.9 Å². The first-order valence-electron chi connectivity index (χ1n) is 4.95. The maximum Gasteiger partial charge on any atom is 0.386 e. The quantitative estimate of drug-likeness (QED) is 0.239. The third-order valence-electron chi connectivity index (χ3n) is 2.30. The first-order valence-corrected chi connectivity index (χ1v) is 4.95. The lowest BCUT2D eigenvalue weighted by Gasteiger charge is -2.38. The van der Waals surface area contributed by atoms with Crippen molar-refractivity contribution in [2.45, 2.75) is 37.6 Å². The van der Waals surface area contributed by atoms with Crippen LogP contribution >= 0.6 is 0 Å². The van der Waals surface area contributed by atoms with Crippen LogP contribution in [0.15, 0.2) is 0 Å². The molecule has 1 heterocycles. The predicted molar refractivity (Wildman–Crippen MR) is 53.3 cm³/mol. The molecule has 1 aliphatic rings. The van der Waals surface area contributed by atoms with E-state index in [1.807, 2.05) is 0 Å². The molecular weight excluding hydrogens is 232 g/mol. The van der Waals surface area contributed by atoms with Crippen molar-refractivity contribution in [3.63, 3.8) is 0 Å². The van der Waals surface area contributed by atoms with Crippen molar-refractivity contribution in [1.29, 1.82) is 0 Å². The van der Waals surface area contributed by atoms with E-state index in [9.17, 15) is 20.1 Å². The van der Waals surface area contributed by atoms with Crippen LogP contribution in [0, 0.1) is 11.8 Å². The Morgan fingerprint density at radius 2 is 1.94 bits per heavy atom. The fourth-order valence-electron chi connectivity index (χ4n) is 1.40. The average Bonchev–Trinajstić information content (AvgIpc) is 2.30. The van der Waals surface area contributed by atoms with Crippen LogP contribution in [0.25, 0.3) is 0 Å². The average molecular weight is 246 g/mol. The predicted octanol–water partition coefficient (Wildman–Crippen LogP) is -2.65. The van der Waals surface area contributed by atoms with Gasteiger partial charge in [-0.05, 0) is 6.92 Å². The number of rotatable bonds is 2. The van der Waals surface area contributed by atoms with Gasteiger partial charge in [-0.15, -0.1) is 0 Å². The molecule has 17 heavy (non-hydrogen) atoms. The van der Waals surface area contributed by atoms with E-state index >= 15 is 0 Å². The van der Waals surface area contributed by atoms with Crippen molar-refractivity contribution in [3.8, 4) is 11.8 Å². The zero-order valence-electron chi connectivity index (χ0n) is 9.11. The van der Waals surface area contributed by atoms with Gasteiger partial charge in [0.15, 0.2) is 0 Å². The molecule has 1 fully saturated rings. The molecule has 1 rings (SSSR count). The molecule has 5 atom stereocenters. The molecule has 0 bridgehead atoms. The molecule has 0 aromatic rings. The Bertz CT molecular complexity index is 329. The number of hydrogen-bond acceptors (Lipinski definition) is 7. The summed E-state index contributed by atoms with van der Waals surface area (Å²) in [6.07, 6.45) is -7.24. The lowest BCUT2D eigenvalue weighted by atomic mass is 9.99. The zero-order chi connectivity index (χ0) is 13.0. The lowest BCUT2D eigenvalue weighted by molar-refractivity contribution is -0.290. The number of esters is 1. The lowest BCUT2D eigenvalue weighted by Crippen LogP contribution is -2.59. The number of ether oxygens (including phenoxy) is 2. The van der Waals surface area contributed by atoms with Gasteiger partial charge in [-0.3, -0.25) is 0 Å². The number of carbonyl (C=O) groups is 1. The van der Waals surface area contributed by atoms with Gasteiger partial charge in [0.05, 0.1) is 6.61 Å². The molecule has 1 aliphatic heterocycles. The standard InChI is InChI=1S/C10H14O7/c1-2-3-6(12)17-10-9(15)8(14)7(13)5(4-11)16-10/h5,7-11,13-15H,4H2,1H3/t5-,7-,8+,9-,10+/m1/s1. The Labute approximate surface area is 97.6 Å². The molecule has 0 saturated carbocycles. The number of aliphatic hydroxyl groups is 4. The molecule has 0 radical (unpaired) electrons. The second-order valence-corrected chi connectivity index (χ2v) is 3.48. The van der Waals surface area contributed by atoms with E-state index in [1.54, 1.807) is 0 Å². The van der Waals surface area contributed by atoms with Gasteiger partial charge in [0.1, 0.15) is 24.4 Å². The fraction of sp³-hybridized carbons (Fsp3) is 0.700. The molecule has 0 aliphatic carbocycles. The Hall–Kier alpha value is -1.17. The van der Waals surface area contributed by atoms with Gasteiger partial charge in [-0.1, -0.05) is 5.92 Å². The molecular formula is C10H14O7. The second kappa shape index (κ2) is 5.95. The van der Waals surface area contributed by atoms with E-state index in [-0.39, 0.29) is 0 Å². The molecule has 1 saturated heterocycles. The van der Waals surface area contributed by atoms with Gasteiger partial charge in [-0.25, -0.2) is 4.79 Å². The molecule has 0 aromatic carbocycles. The summed E-state index contributed by atoms with van der Waals surface area (Å²) >= 11 is 0. The minimum Gasteiger partial charge on any atom is -0.423 e. The number of carbonyl (C=O) groups excluding carboxylic acids is 1. The highest BCUT2D eigenvalue weighted by Crippen LogP contribution is 2.21. The highest BCUT2D eigenvalue weighted by Gasteiger charge is 2.45. The number of hydrogen-bond donors (Lipinski definition) is 4. The maximum atomic E-state index is 11.0. The summed E-state index contributed by atoms with van der Waals surface area (Å²) in [4.78, 5) is 11.0. The second-order valence-electron chi connectivity index (χ2n) is 3.48. The SMILES string of the molecule is CC#CC(=O)O[C@@H]1O[C@H](CO)[C@@H](O)[C@H](O)[C@H]1O. The smallest absolute Gasteiger partial charge is 0.386 e. The van der Waals surface area contributed by atoms with Crippen LogP contribution in [0.4, 0.5) is 0 Å². The zero-order valence-corrected chi connectivity index (χ0v) is 9.11. The first-order chi connectivity index (χ1) is 8.01. The maximum absolute atomic E-state index is 11.0. The van der Waals surface area contributed by atoms with Gasteiger partial charge in [0.25, 0.3) is 0 Å². The van der Waals surface area contributed by atoms with Crippen molar-refractivity contribution in [2.24, 2.45) is 0 Å². The van der Waals surface area contributed by atoms with E-state index in [2.05, 4.69) is 16.6 Å². The van der Waals surface area contributed by atoms with Crippen molar-refractivity contribution in [2.75, 3.05) is 6.61 Å². The topological polar surface area (TPSA) is 116 Å². The molecule has 7 heteroatoms. The minimum absolute atomic E-state index is 0.585. The normalized spacial score (nSPS) is 36.9. The molecule has 0 spiro atoms.